The first kappa shape index (κ1) is 22.1. The Kier molecular flexibility index (Phi) is 6.55. The quantitative estimate of drug-likeness (QED) is 0.671. The molecule has 0 spiro atoms. The normalized spacial score (nSPS) is 18.3. The molecule has 0 radical (unpaired) electrons. The Morgan fingerprint density at radius 1 is 0.935 bits per heavy atom. The van der Waals surface area contributed by atoms with Crippen LogP contribution in [0.15, 0.2) is 29.2 Å². The zero-order chi connectivity index (χ0) is 22.0. The molecule has 2 saturated heterocycles. The lowest BCUT2D eigenvalue weighted by Crippen LogP contribution is -2.49. The number of sulfonamides is 1. The van der Waals surface area contributed by atoms with E-state index in [0.717, 1.165) is 43.4 Å². The number of aromatic nitrogens is 2. The van der Waals surface area contributed by atoms with Crippen LogP contribution in [0.5, 0.6) is 5.75 Å². The standard InChI is InChI=1S/C21H28ClN5O3S/c1-16-14-20(24-21(23-16)26-8-4-3-5-9-26)25-10-12-27(13-11-25)31(28,29)19-15-17(22)6-7-18(19)30-2/h6-7,14-15H,3-5,8-13H2,1-2H3. The lowest BCUT2D eigenvalue weighted by Gasteiger charge is -2.35. The van der Waals surface area contributed by atoms with Crippen LogP contribution in [-0.2, 0) is 10.0 Å². The van der Waals surface area contributed by atoms with Crippen LogP contribution in [0.4, 0.5) is 11.8 Å². The van der Waals surface area contributed by atoms with E-state index in [1.165, 1.54) is 23.9 Å². The number of anilines is 2. The van der Waals surface area contributed by atoms with E-state index < -0.39 is 10.0 Å². The highest BCUT2D eigenvalue weighted by Gasteiger charge is 2.31. The van der Waals surface area contributed by atoms with Gasteiger partial charge < -0.3 is 14.5 Å². The molecule has 2 aromatic rings. The van der Waals surface area contributed by atoms with E-state index in [-0.39, 0.29) is 4.90 Å². The van der Waals surface area contributed by atoms with Gasteiger partial charge in [0.15, 0.2) is 0 Å². The molecular weight excluding hydrogens is 438 g/mol. The summed E-state index contributed by atoms with van der Waals surface area (Å²) in [5.74, 6) is 1.92. The minimum Gasteiger partial charge on any atom is -0.495 e. The maximum Gasteiger partial charge on any atom is 0.246 e. The maximum absolute atomic E-state index is 13.2. The van der Waals surface area contributed by atoms with Crippen molar-refractivity contribution in [3.63, 3.8) is 0 Å². The summed E-state index contributed by atoms with van der Waals surface area (Å²) < 4.78 is 33.2. The summed E-state index contributed by atoms with van der Waals surface area (Å²) in [6.07, 6.45) is 3.58. The molecule has 10 heteroatoms. The van der Waals surface area contributed by atoms with Gasteiger partial charge in [0, 0.05) is 56.1 Å². The Hall–Kier alpha value is -2.10. The maximum atomic E-state index is 13.2. The molecule has 0 unspecified atom stereocenters. The van der Waals surface area contributed by atoms with Crippen molar-refractivity contribution in [2.24, 2.45) is 0 Å². The number of ether oxygens (including phenoxy) is 1. The van der Waals surface area contributed by atoms with Crippen LogP contribution in [0.25, 0.3) is 0 Å². The van der Waals surface area contributed by atoms with Crippen molar-refractivity contribution in [3.05, 3.63) is 35.0 Å². The number of methoxy groups -OCH3 is 1. The third-order valence-corrected chi connectivity index (χ3v) is 7.93. The number of piperazine rings is 1. The van der Waals surface area contributed by atoms with E-state index in [9.17, 15) is 8.42 Å². The van der Waals surface area contributed by atoms with Gasteiger partial charge in [0.25, 0.3) is 0 Å². The average Bonchev–Trinajstić information content (AvgIpc) is 2.79. The molecule has 2 aliphatic rings. The fourth-order valence-electron chi connectivity index (χ4n) is 4.08. The smallest absolute Gasteiger partial charge is 0.246 e. The molecule has 1 aromatic heterocycles. The van der Waals surface area contributed by atoms with Gasteiger partial charge in [0.05, 0.1) is 7.11 Å². The lowest BCUT2D eigenvalue weighted by molar-refractivity contribution is 0.373. The number of hydrogen-bond acceptors (Lipinski definition) is 7. The van der Waals surface area contributed by atoms with Crippen LogP contribution in [0.1, 0.15) is 25.0 Å². The molecule has 1 aromatic carbocycles. The summed E-state index contributed by atoms with van der Waals surface area (Å²) in [5.41, 5.74) is 0.921. The highest BCUT2D eigenvalue weighted by atomic mass is 35.5. The SMILES string of the molecule is COc1ccc(Cl)cc1S(=O)(=O)N1CCN(c2cc(C)nc(N3CCCCC3)n2)CC1. The fourth-order valence-corrected chi connectivity index (χ4v) is 5.92. The minimum atomic E-state index is -3.71. The van der Waals surface area contributed by atoms with Crippen molar-refractivity contribution in [3.8, 4) is 5.75 Å². The molecule has 168 valence electrons. The minimum absolute atomic E-state index is 0.0983. The van der Waals surface area contributed by atoms with Gasteiger partial charge in [-0.3, -0.25) is 0 Å². The largest absolute Gasteiger partial charge is 0.495 e. The summed E-state index contributed by atoms with van der Waals surface area (Å²) in [4.78, 5) is 13.9. The average molecular weight is 466 g/mol. The summed E-state index contributed by atoms with van der Waals surface area (Å²) >= 11 is 6.05. The predicted molar refractivity (Wildman–Crippen MR) is 122 cm³/mol. The summed E-state index contributed by atoms with van der Waals surface area (Å²) in [6, 6.07) is 6.62. The molecule has 0 atom stereocenters. The Bertz CT molecular complexity index is 1040. The first-order chi connectivity index (χ1) is 14.9. The number of aryl methyl sites for hydroxylation is 1. The van der Waals surface area contributed by atoms with E-state index in [4.69, 9.17) is 21.3 Å². The first-order valence-corrected chi connectivity index (χ1v) is 12.4. The Morgan fingerprint density at radius 3 is 2.32 bits per heavy atom. The second kappa shape index (κ2) is 9.18. The molecule has 0 aliphatic carbocycles. The second-order valence-electron chi connectivity index (χ2n) is 7.90. The summed E-state index contributed by atoms with van der Waals surface area (Å²) in [5, 5.41) is 0.361. The molecule has 31 heavy (non-hydrogen) atoms. The number of nitrogens with zero attached hydrogens (tertiary/aromatic N) is 5. The van der Waals surface area contributed by atoms with Gasteiger partial charge in [-0.15, -0.1) is 0 Å². The molecule has 2 aliphatic heterocycles. The molecule has 2 fully saturated rings. The second-order valence-corrected chi connectivity index (χ2v) is 10.2. The number of piperidine rings is 1. The number of halogens is 1. The van der Waals surface area contributed by atoms with Crippen LogP contribution < -0.4 is 14.5 Å². The van der Waals surface area contributed by atoms with Crippen LogP contribution in [0.3, 0.4) is 0 Å². The Balaban J connectivity index is 1.50. The van der Waals surface area contributed by atoms with E-state index in [2.05, 4.69) is 14.8 Å². The van der Waals surface area contributed by atoms with Gasteiger partial charge in [-0.2, -0.15) is 9.29 Å². The van der Waals surface area contributed by atoms with Gasteiger partial charge in [-0.05, 0) is 44.4 Å². The summed E-state index contributed by atoms with van der Waals surface area (Å²) in [6.45, 7) is 5.77. The van der Waals surface area contributed by atoms with Gasteiger partial charge in [-0.25, -0.2) is 13.4 Å². The highest BCUT2D eigenvalue weighted by Crippen LogP contribution is 2.30. The third kappa shape index (κ3) is 4.73. The molecule has 0 saturated carbocycles. The molecule has 8 nitrogen and oxygen atoms in total. The van der Waals surface area contributed by atoms with Crippen molar-refractivity contribution in [1.29, 1.82) is 0 Å². The van der Waals surface area contributed by atoms with Crippen molar-refractivity contribution in [1.82, 2.24) is 14.3 Å². The Labute approximate surface area is 188 Å². The van der Waals surface area contributed by atoms with Crippen molar-refractivity contribution < 1.29 is 13.2 Å². The van der Waals surface area contributed by atoms with Crippen molar-refractivity contribution in [2.45, 2.75) is 31.1 Å². The van der Waals surface area contributed by atoms with Crippen molar-refractivity contribution >= 4 is 33.4 Å². The molecular formula is C21H28ClN5O3S. The van der Waals surface area contributed by atoms with Crippen LogP contribution in [-0.4, -0.2) is 69.1 Å². The zero-order valence-electron chi connectivity index (χ0n) is 17.9. The van der Waals surface area contributed by atoms with E-state index in [0.29, 0.717) is 37.0 Å². The highest BCUT2D eigenvalue weighted by molar-refractivity contribution is 7.89. The van der Waals surface area contributed by atoms with E-state index in [1.54, 1.807) is 12.1 Å². The third-order valence-electron chi connectivity index (χ3n) is 5.77. The predicted octanol–water partition coefficient (Wildman–Crippen LogP) is 2.95. The molecule has 0 amide bonds. The first-order valence-electron chi connectivity index (χ1n) is 10.6. The number of benzene rings is 1. The fraction of sp³-hybridized carbons (Fsp3) is 0.524. The monoisotopic (exact) mass is 465 g/mol. The zero-order valence-corrected chi connectivity index (χ0v) is 19.5. The van der Waals surface area contributed by atoms with Gasteiger partial charge in [0.1, 0.15) is 16.5 Å². The number of hydrogen-bond donors (Lipinski definition) is 0. The molecule has 0 bridgehead atoms. The van der Waals surface area contributed by atoms with Crippen LogP contribution in [0.2, 0.25) is 5.02 Å². The van der Waals surface area contributed by atoms with E-state index in [1.807, 2.05) is 13.0 Å². The van der Waals surface area contributed by atoms with E-state index >= 15 is 0 Å². The topological polar surface area (TPSA) is 78.9 Å². The van der Waals surface area contributed by atoms with Gasteiger partial charge in [0.2, 0.25) is 16.0 Å². The summed E-state index contributed by atoms with van der Waals surface area (Å²) in [7, 11) is -2.25. The van der Waals surface area contributed by atoms with Crippen molar-refractivity contribution in [2.75, 3.05) is 56.2 Å². The lowest BCUT2D eigenvalue weighted by atomic mass is 10.1. The molecule has 3 heterocycles. The van der Waals surface area contributed by atoms with Crippen LogP contribution in [0, 0.1) is 6.92 Å². The molecule has 0 N–H and O–H groups in total. The van der Waals surface area contributed by atoms with Crippen LogP contribution >= 0.6 is 11.6 Å². The van der Waals surface area contributed by atoms with Gasteiger partial charge in [-0.1, -0.05) is 11.6 Å². The Morgan fingerprint density at radius 2 is 1.65 bits per heavy atom. The number of rotatable bonds is 5. The van der Waals surface area contributed by atoms with Gasteiger partial charge >= 0.3 is 0 Å². The molecule has 4 rings (SSSR count).